The summed E-state index contributed by atoms with van der Waals surface area (Å²) in [5, 5.41) is 29.6. The first-order chi connectivity index (χ1) is 10.7. The summed E-state index contributed by atoms with van der Waals surface area (Å²) >= 11 is 0. The molecule has 134 valence electrons. The van der Waals surface area contributed by atoms with Gasteiger partial charge in [0.25, 0.3) is 0 Å². The molecule has 4 atom stereocenters. The summed E-state index contributed by atoms with van der Waals surface area (Å²) < 4.78 is 0. The second-order valence-corrected chi connectivity index (χ2v) is 9.09. The van der Waals surface area contributed by atoms with Gasteiger partial charge in [-0.05, 0) is 73.7 Å². The van der Waals surface area contributed by atoms with Gasteiger partial charge in [0.1, 0.15) is 0 Å². The zero-order chi connectivity index (χ0) is 17.3. The van der Waals surface area contributed by atoms with Crippen LogP contribution in [0.1, 0.15) is 72.6 Å². The highest BCUT2D eigenvalue weighted by molar-refractivity contribution is 5.09. The number of hydrogen-bond acceptors (Lipinski definition) is 3. The fourth-order valence-electron chi connectivity index (χ4n) is 5.97. The average molecular weight is 325 g/mol. The number of aliphatic hydroxyl groups excluding tert-OH is 2. The maximum absolute atomic E-state index is 11.1. The van der Waals surface area contributed by atoms with Crippen LogP contribution in [0, 0.1) is 22.7 Å². The average Bonchev–Trinajstić information content (AvgIpc) is 2.43. The van der Waals surface area contributed by atoms with Crippen molar-refractivity contribution in [1.29, 1.82) is 0 Å². The first kappa shape index (κ1) is 19.0. The van der Waals surface area contributed by atoms with Crippen LogP contribution in [0.25, 0.3) is 0 Å². The van der Waals surface area contributed by atoms with Crippen LogP contribution in [0.15, 0.2) is 11.6 Å². The SMILES string of the molecule is CC1(C)CCCC2(C)C1CCC(C)(O)C2CCC(=CCO)CO. The van der Waals surface area contributed by atoms with Crippen molar-refractivity contribution in [2.45, 2.75) is 78.2 Å². The Balaban J connectivity index is 2.24. The van der Waals surface area contributed by atoms with Crippen LogP contribution in [0.2, 0.25) is 0 Å². The minimum absolute atomic E-state index is 0.00105. The molecule has 0 radical (unpaired) electrons. The smallest absolute Gasteiger partial charge is 0.0653 e. The summed E-state index contributed by atoms with van der Waals surface area (Å²) in [5.74, 6) is 0.912. The highest BCUT2D eigenvalue weighted by Crippen LogP contribution is 2.62. The quantitative estimate of drug-likeness (QED) is 0.676. The van der Waals surface area contributed by atoms with E-state index >= 15 is 0 Å². The van der Waals surface area contributed by atoms with Crippen LogP contribution in [-0.2, 0) is 0 Å². The molecule has 0 heterocycles. The lowest BCUT2D eigenvalue weighted by Crippen LogP contribution is -2.57. The van der Waals surface area contributed by atoms with Crippen molar-refractivity contribution in [3.05, 3.63) is 11.6 Å². The number of aliphatic hydroxyl groups is 3. The molecule has 2 saturated carbocycles. The van der Waals surface area contributed by atoms with E-state index in [9.17, 15) is 10.2 Å². The molecule has 3 nitrogen and oxygen atoms in total. The fraction of sp³-hybridized carbons (Fsp3) is 0.900. The van der Waals surface area contributed by atoms with Crippen molar-refractivity contribution in [1.82, 2.24) is 0 Å². The summed E-state index contributed by atoms with van der Waals surface area (Å²) in [7, 11) is 0. The van der Waals surface area contributed by atoms with Crippen LogP contribution in [0.5, 0.6) is 0 Å². The van der Waals surface area contributed by atoms with Gasteiger partial charge in [-0.15, -0.1) is 0 Å². The Labute approximate surface area is 141 Å². The third kappa shape index (κ3) is 3.67. The van der Waals surface area contributed by atoms with Crippen molar-refractivity contribution in [2.75, 3.05) is 13.2 Å². The zero-order valence-corrected chi connectivity index (χ0v) is 15.4. The van der Waals surface area contributed by atoms with E-state index in [1.807, 2.05) is 6.92 Å². The lowest BCUT2D eigenvalue weighted by atomic mass is 9.45. The Morgan fingerprint density at radius 1 is 1.09 bits per heavy atom. The standard InChI is InChI=1S/C20H36O3/c1-18(2)10-5-11-19(3)16(18)8-12-20(4,23)17(19)7-6-15(14-22)9-13-21/h9,16-17,21-23H,5-8,10-14H2,1-4H3. The van der Waals surface area contributed by atoms with Gasteiger partial charge >= 0.3 is 0 Å². The number of rotatable bonds is 5. The Bertz CT molecular complexity index is 438. The predicted octanol–water partition coefficient (Wildman–Crippen LogP) is 3.67. The van der Waals surface area contributed by atoms with E-state index in [2.05, 4.69) is 20.8 Å². The highest BCUT2D eigenvalue weighted by Gasteiger charge is 2.57. The Morgan fingerprint density at radius 2 is 1.78 bits per heavy atom. The van der Waals surface area contributed by atoms with Crippen molar-refractivity contribution in [3.63, 3.8) is 0 Å². The van der Waals surface area contributed by atoms with Crippen LogP contribution >= 0.6 is 0 Å². The molecule has 3 N–H and O–H groups in total. The van der Waals surface area contributed by atoms with Gasteiger partial charge in [0.2, 0.25) is 0 Å². The van der Waals surface area contributed by atoms with E-state index in [0.29, 0.717) is 11.3 Å². The maximum Gasteiger partial charge on any atom is 0.0653 e. The Hall–Kier alpha value is -0.380. The summed E-state index contributed by atoms with van der Waals surface area (Å²) in [6, 6.07) is 0. The van der Waals surface area contributed by atoms with E-state index in [0.717, 1.165) is 31.3 Å². The molecule has 2 rings (SSSR count). The van der Waals surface area contributed by atoms with Crippen molar-refractivity contribution >= 4 is 0 Å². The molecular formula is C20H36O3. The molecule has 0 bridgehead atoms. The molecule has 0 aromatic carbocycles. The van der Waals surface area contributed by atoms with Gasteiger partial charge in [0.15, 0.2) is 0 Å². The molecule has 0 aromatic rings. The molecule has 3 heteroatoms. The van der Waals surface area contributed by atoms with Crippen molar-refractivity contribution < 1.29 is 15.3 Å². The Morgan fingerprint density at radius 3 is 2.39 bits per heavy atom. The van der Waals surface area contributed by atoms with Gasteiger partial charge in [-0.3, -0.25) is 0 Å². The summed E-state index contributed by atoms with van der Waals surface area (Å²) in [6.07, 6.45) is 9.08. The third-order valence-corrected chi connectivity index (χ3v) is 7.10. The van der Waals surface area contributed by atoms with Gasteiger partial charge in [-0.2, -0.15) is 0 Å². The fourth-order valence-corrected chi connectivity index (χ4v) is 5.97. The summed E-state index contributed by atoms with van der Waals surface area (Å²) in [6.45, 7) is 9.18. The lowest BCUT2D eigenvalue weighted by Gasteiger charge is -2.61. The first-order valence-electron chi connectivity index (χ1n) is 9.29. The van der Waals surface area contributed by atoms with Crippen molar-refractivity contribution in [2.24, 2.45) is 22.7 Å². The molecule has 0 amide bonds. The van der Waals surface area contributed by atoms with Gasteiger partial charge in [-0.1, -0.05) is 33.3 Å². The van der Waals surface area contributed by atoms with E-state index in [1.54, 1.807) is 6.08 Å². The molecule has 2 aliphatic rings. The zero-order valence-electron chi connectivity index (χ0n) is 15.4. The van der Waals surface area contributed by atoms with Gasteiger partial charge < -0.3 is 15.3 Å². The van der Waals surface area contributed by atoms with Gasteiger partial charge in [-0.25, -0.2) is 0 Å². The second-order valence-electron chi connectivity index (χ2n) is 9.09. The highest BCUT2D eigenvalue weighted by atomic mass is 16.3. The van der Waals surface area contributed by atoms with E-state index < -0.39 is 5.60 Å². The topological polar surface area (TPSA) is 60.7 Å². The van der Waals surface area contributed by atoms with E-state index in [4.69, 9.17) is 5.11 Å². The van der Waals surface area contributed by atoms with Crippen LogP contribution in [0.4, 0.5) is 0 Å². The van der Waals surface area contributed by atoms with Crippen LogP contribution < -0.4 is 0 Å². The molecule has 0 spiro atoms. The normalized spacial score (nSPS) is 40.7. The van der Waals surface area contributed by atoms with Gasteiger partial charge in [0, 0.05) is 0 Å². The van der Waals surface area contributed by atoms with Gasteiger partial charge in [0.05, 0.1) is 18.8 Å². The number of fused-ring (bicyclic) bond motifs is 1. The third-order valence-electron chi connectivity index (χ3n) is 7.10. The molecule has 23 heavy (non-hydrogen) atoms. The van der Waals surface area contributed by atoms with E-state index in [1.165, 1.54) is 19.3 Å². The molecule has 0 aliphatic heterocycles. The molecular weight excluding hydrogens is 288 g/mol. The summed E-state index contributed by atoms with van der Waals surface area (Å²) in [5.41, 5.74) is 0.786. The van der Waals surface area contributed by atoms with Crippen molar-refractivity contribution in [3.8, 4) is 0 Å². The first-order valence-corrected chi connectivity index (χ1v) is 9.29. The lowest BCUT2D eigenvalue weighted by molar-refractivity contribution is -0.169. The molecule has 0 aromatic heterocycles. The molecule has 2 aliphatic carbocycles. The Kier molecular flexibility index (Phi) is 5.65. The summed E-state index contributed by atoms with van der Waals surface area (Å²) in [4.78, 5) is 0. The largest absolute Gasteiger partial charge is 0.392 e. The second kappa shape index (κ2) is 6.85. The molecule has 4 unspecified atom stereocenters. The van der Waals surface area contributed by atoms with E-state index in [-0.39, 0.29) is 24.5 Å². The minimum atomic E-state index is -0.627. The van der Waals surface area contributed by atoms with Crippen LogP contribution in [0.3, 0.4) is 0 Å². The maximum atomic E-state index is 11.1. The number of hydrogen-bond donors (Lipinski definition) is 3. The van der Waals surface area contributed by atoms with Crippen LogP contribution in [-0.4, -0.2) is 34.1 Å². The minimum Gasteiger partial charge on any atom is -0.392 e. The molecule has 2 fully saturated rings. The molecule has 0 saturated heterocycles. The monoisotopic (exact) mass is 324 g/mol. The predicted molar refractivity (Wildman–Crippen MR) is 94.1 cm³/mol.